The summed E-state index contributed by atoms with van der Waals surface area (Å²) in [5.41, 5.74) is 18.6. The lowest BCUT2D eigenvalue weighted by Gasteiger charge is -2.15. The first-order valence-electron chi connectivity index (χ1n) is 25.1. The summed E-state index contributed by atoms with van der Waals surface area (Å²) in [5.74, 6) is 1.70. The lowest BCUT2D eigenvalue weighted by Crippen LogP contribution is -2.07. The molecule has 3 aromatic heterocycles. The maximum absolute atomic E-state index is 5.55. The molecule has 0 unspecified atom stereocenters. The summed E-state index contributed by atoms with van der Waals surface area (Å²) >= 11 is 0. The van der Waals surface area contributed by atoms with Gasteiger partial charge in [0.15, 0.2) is 11.6 Å². The second-order valence-electron chi connectivity index (χ2n) is 18.7. The fourth-order valence-corrected chi connectivity index (χ4v) is 11.0. The van der Waals surface area contributed by atoms with Crippen LogP contribution in [0.5, 0.6) is 0 Å². The second-order valence-corrected chi connectivity index (χ2v) is 18.7. The van der Waals surface area contributed by atoms with Crippen molar-refractivity contribution >= 4 is 43.6 Å². The molecule has 0 bridgehead atoms. The van der Waals surface area contributed by atoms with Crippen molar-refractivity contribution in [2.24, 2.45) is 0 Å². The minimum Gasteiger partial charge on any atom is -0.309 e. The summed E-state index contributed by atoms with van der Waals surface area (Å²) in [7, 11) is 0. The number of para-hydroxylation sites is 2. The third kappa shape index (κ3) is 7.37. The largest absolute Gasteiger partial charge is 0.309 e. The van der Waals surface area contributed by atoms with Gasteiger partial charge in [-0.25, -0.2) is 4.98 Å². The van der Waals surface area contributed by atoms with Crippen LogP contribution in [0.15, 0.2) is 273 Å². The van der Waals surface area contributed by atoms with Crippen molar-refractivity contribution < 1.29 is 0 Å². The molecular weight excluding hydrogens is 899 g/mol. The van der Waals surface area contributed by atoms with Crippen LogP contribution < -0.4 is 0 Å². The predicted octanol–water partition coefficient (Wildman–Crippen LogP) is 17.7. The second kappa shape index (κ2) is 18.0. The van der Waals surface area contributed by atoms with Gasteiger partial charge in [0.05, 0.1) is 27.8 Å². The minimum atomic E-state index is 0.535. The highest BCUT2D eigenvalue weighted by atomic mass is 15.2. The third-order valence-corrected chi connectivity index (χ3v) is 14.4. The van der Waals surface area contributed by atoms with Crippen molar-refractivity contribution in [1.82, 2.24) is 24.1 Å². The Kier molecular flexibility index (Phi) is 10.4. The number of nitrogens with zero attached hydrogens (tertiary/aromatic N) is 5. The van der Waals surface area contributed by atoms with E-state index in [4.69, 9.17) is 15.0 Å². The smallest absolute Gasteiger partial charge is 0.238 e. The summed E-state index contributed by atoms with van der Waals surface area (Å²) in [6, 6.07) is 97.2. The molecule has 0 atom stereocenters. The van der Waals surface area contributed by atoms with Gasteiger partial charge >= 0.3 is 0 Å². The number of benzene rings is 11. The van der Waals surface area contributed by atoms with Crippen molar-refractivity contribution in [3.63, 3.8) is 0 Å². The van der Waals surface area contributed by atoms with Gasteiger partial charge in [-0.3, -0.25) is 4.57 Å². The molecule has 0 aliphatic carbocycles. The van der Waals surface area contributed by atoms with E-state index in [0.717, 1.165) is 60.8 Å². The maximum Gasteiger partial charge on any atom is 0.238 e. The molecule has 14 aromatic rings. The highest BCUT2D eigenvalue weighted by Gasteiger charge is 2.23. The van der Waals surface area contributed by atoms with Crippen LogP contribution in [-0.4, -0.2) is 24.1 Å². The van der Waals surface area contributed by atoms with Gasteiger partial charge in [0.25, 0.3) is 0 Å². The van der Waals surface area contributed by atoms with Crippen LogP contribution in [0.1, 0.15) is 0 Å². The molecule has 3 heterocycles. The molecule has 14 rings (SSSR count). The summed E-state index contributed by atoms with van der Waals surface area (Å²) in [6.45, 7) is 0. The Bertz CT molecular complexity index is 4260. The van der Waals surface area contributed by atoms with Gasteiger partial charge in [0.2, 0.25) is 5.95 Å². The van der Waals surface area contributed by atoms with Crippen molar-refractivity contribution in [3.8, 4) is 90.0 Å². The Balaban J connectivity index is 1.01. The van der Waals surface area contributed by atoms with Crippen LogP contribution in [0.2, 0.25) is 0 Å². The molecule has 0 amide bonds. The number of aromatic nitrogens is 5. The molecule has 5 heteroatoms. The SMILES string of the molecule is c1ccc(-c2ccc3c(c2)c2ccccc2n3-c2ccccc2-c2nc(-c3ccccc3)nc(-n3c4ccc(-c5ccccc5-c5ccccc5)cc4c4cc(-c5ccccc5-c5ccccc5)ccc43)n2)cc1. The molecule has 346 valence electrons. The van der Waals surface area contributed by atoms with Gasteiger partial charge in [0.1, 0.15) is 0 Å². The highest BCUT2D eigenvalue weighted by molar-refractivity contribution is 6.13. The van der Waals surface area contributed by atoms with Crippen LogP contribution in [0.3, 0.4) is 0 Å². The minimum absolute atomic E-state index is 0.535. The van der Waals surface area contributed by atoms with E-state index in [0.29, 0.717) is 17.6 Å². The highest BCUT2D eigenvalue weighted by Crippen LogP contribution is 2.42. The molecule has 0 fully saturated rings. The van der Waals surface area contributed by atoms with E-state index in [2.05, 4.69) is 264 Å². The third-order valence-electron chi connectivity index (χ3n) is 14.4. The molecular formula is C69H45N5. The van der Waals surface area contributed by atoms with Crippen molar-refractivity contribution in [2.45, 2.75) is 0 Å². The van der Waals surface area contributed by atoms with Gasteiger partial charge in [-0.1, -0.05) is 218 Å². The molecule has 0 saturated carbocycles. The molecule has 0 aliphatic rings. The topological polar surface area (TPSA) is 48.5 Å². The van der Waals surface area contributed by atoms with E-state index in [9.17, 15) is 0 Å². The molecule has 5 nitrogen and oxygen atoms in total. The van der Waals surface area contributed by atoms with Gasteiger partial charge in [-0.15, -0.1) is 0 Å². The Morgan fingerprint density at radius 1 is 0.216 bits per heavy atom. The average Bonchev–Trinajstić information content (AvgIpc) is 4.00. The number of fused-ring (bicyclic) bond motifs is 6. The molecule has 0 N–H and O–H groups in total. The van der Waals surface area contributed by atoms with E-state index in [1.807, 2.05) is 18.2 Å². The number of hydrogen-bond acceptors (Lipinski definition) is 3. The molecule has 74 heavy (non-hydrogen) atoms. The van der Waals surface area contributed by atoms with E-state index in [1.54, 1.807) is 0 Å². The molecule has 0 spiro atoms. The first-order valence-corrected chi connectivity index (χ1v) is 25.1. The van der Waals surface area contributed by atoms with Crippen LogP contribution >= 0.6 is 0 Å². The Morgan fingerprint density at radius 2 is 0.595 bits per heavy atom. The first-order chi connectivity index (χ1) is 36.7. The van der Waals surface area contributed by atoms with Crippen LogP contribution in [-0.2, 0) is 0 Å². The number of hydrogen-bond donors (Lipinski definition) is 0. The summed E-state index contributed by atoms with van der Waals surface area (Å²) in [6.07, 6.45) is 0. The standard InChI is InChI=1S/C69H45N5/c1-5-21-46(22-6-1)50-37-40-64-59(43-50)57-33-17-19-35-62(57)73(64)63-36-20-18-34-58(63)68-70-67(49-27-11-4-12-28-49)71-69(72-68)74-65-41-38-51(55-31-15-13-29-53(55)47-23-7-2-8-24-47)44-60(65)61-45-52(39-42-66(61)74)56-32-16-14-30-54(56)48-25-9-3-10-26-48/h1-45H. The van der Waals surface area contributed by atoms with Gasteiger partial charge in [-0.2, -0.15) is 9.97 Å². The Labute approximate surface area is 428 Å². The molecule has 11 aromatic carbocycles. The van der Waals surface area contributed by atoms with E-state index in [-0.39, 0.29) is 0 Å². The van der Waals surface area contributed by atoms with Crippen LogP contribution in [0.4, 0.5) is 0 Å². The van der Waals surface area contributed by atoms with Gasteiger partial charge < -0.3 is 4.57 Å². The van der Waals surface area contributed by atoms with E-state index >= 15 is 0 Å². The Hall–Kier alpha value is -9.97. The van der Waals surface area contributed by atoms with Gasteiger partial charge in [-0.05, 0) is 110 Å². The van der Waals surface area contributed by atoms with E-state index < -0.39 is 0 Å². The molecule has 0 saturated heterocycles. The zero-order chi connectivity index (χ0) is 49.0. The lowest BCUT2D eigenvalue weighted by molar-refractivity contribution is 0.951. The maximum atomic E-state index is 5.55. The van der Waals surface area contributed by atoms with Crippen LogP contribution in [0.25, 0.3) is 134 Å². The van der Waals surface area contributed by atoms with Crippen LogP contribution in [0, 0.1) is 0 Å². The van der Waals surface area contributed by atoms with Crippen molar-refractivity contribution in [2.75, 3.05) is 0 Å². The first kappa shape index (κ1) is 42.9. The lowest BCUT2D eigenvalue weighted by atomic mass is 9.92. The molecule has 0 radical (unpaired) electrons. The fraction of sp³-hybridized carbons (Fsp3) is 0. The van der Waals surface area contributed by atoms with E-state index in [1.165, 1.54) is 55.3 Å². The molecule has 0 aliphatic heterocycles. The van der Waals surface area contributed by atoms with Crippen molar-refractivity contribution in [1.29, 1.82) is 0 Å². The quantitative estimate of drug-likeness (QED) is 0.145. The Morgan fingerprint density at radius 3 is 1.16 bits per heavy atom. The predicted molar refractivity (Wildman–Crippen MR) is 307 cm³/mol. The number of rotatable bonds is 9. The fourth-order valence-electron chi connectivity index (χ4n) is 11.0. The summed E-state index contributed by atoms with van der Waals surface area (Å²) in [5, 5.41) is 4.56. The van der Waals surface area contributed by atoms with Gasteiger partial charge in [0, 0.05) is 32.7 Å². The average molecular weight is 944 g/mol. The summed E-state index contributed by atoms with van der Waals surface area (Å²) in [4.78, 5) is 16.3. The summed E-state index contributed by atoms with van der Waals surface area (Å²) < 4.78 is 4.60. The normalized spacial score (nSPS) is 11.5. The zero-order valence-corrected chi connectivity index (χ0v) is 40.2. The zero-order valence-electron chi connectivity index (χ0n) is 40.2. The monoisotopic (exact) mass is 943 g/mol. The van der Waals surface area contributed by atoms with Crippen molar-refractivity contribution in [3.05, 3.63) is 273 Å².